The van der Waals surface area contributed by atoms with Gasteiger partial charge in [-0.15, -0.1) is 0 Å². The summed E-state index contributed by atoms with van der Waals surface area (Å²) in [4.78, 5) is 11.5. The lowest BCUT2D eigenvalue weighted by atomic mass is 9.79. The molecular formula is C23H41NO8. The Hall–Kier alpha value is -1.07. The van der Waals surface area contributed by atoms with Crippen molar-refractivity contribution in [2.75, 3.05) is 13.2 Å². The lowest BCUT2D eigenvalue weighted by Gasteiger charge is -2.42. The molecule has 186 valence electrons. The molecule has 1 unspecified atom stereocenters. The molecular weight excluding hydrogens is 418 g/mol. The highest BCUT2D eigenvalue weighted by Crippen LogP contribution is 2.32. The Kier molecular flexibility index (Phi) is 10.1. The molecule has 2 aliphatic rings. The fourth-order valence-corrected chi connectivity index (χ4v) is 4.33. The van der Waals surface area contributed by atoms with E-state index in [4.69, 9.17) is 9.47 Å². The third-order valence-electron chi connectivity index (χ3n) is 6.67. The van der Waals surface area contributed by atoms with Crippen LogP contribution in [0.25, 0.3) is 0 Å². The van der Waals surface area contributed by atoms with Crippen LogP contribution in [0.2, 0.25) is 0 Å². The van der Waals surface area contributed by atoms with Gasteiger partial charge in [0.1, 0.15) is 24.4 Å². The Morgan fingerprint density at radius 1 is 1.22 bits per heavy atom. The molecule has 0 aromatic rings. The quantitative estimate of drug-likeness (QED) is 0.252. The minimum absolute atomic E-state index is 0.138. The van der Waals surface area contributed by atoms with E-state index >= 15 is 0 Å². The maximum atomic E-state index is 11.5. The summed E-state index contributed by atoms with van der Waals surface area (Å²) in [6.07, 6.45) is 2.12. The number of rotatable bonds is 10. The second-order valence-corrected chi connectivity index (χ2v) is 9.88. The van der Waals surface area contributed by atoms with Gasteiger partial charge in [0.05, 0.1) is 24.9 Å². The number of amides is 1. The molecule has 9 heteroatoms. The first-order valence-electron chi connectivity index (χ1n) is 11.5. The van der Waals surface area contributed by atoms with Gasteiger partial charge in [-0.2, -0.15) is 0 Å². The van der Waals surface area contributed by atoms with Crippen LogP contribution in [0.3, 0.4) is 0 Å². The number of carbonyl (C=O) groups is 1. The Morgan fingerprint density at radius 3 is 2.44 bits per heavy atom. The number of hydrogen-bond donors (Lipinski definition) is 6. The molecule has 9 nitrogen and oxygen atoms in total. The van der Waals surface area contributed by atoms with Crippen LogP contribution in [0, 0.1) is 17.8 Å². The van der Waals surface area contributed by atoms with Gasteiger partial charge in [-0.1, -0.05) is 19.1 Å². The van der Waals surface area contributed by atoms with Crippen LogP contribution in [0.1, 0.15) is 53.4 Å². The average molecular weight is 460 g/mol. The molecule has 0 aromatic heterocycles. The molecule has 2 rings (SSSR count). The predicted molar refractivity (Wildman–Crippen MR) is 117 cm³/mol. The van der Waals surface area contributed by atoms with E-state index in [0.29, 0.717) is 24.9 Å². The molecule has 9 atom stereocenters. The van der Waals surface area contributed by atoms with Crippen molar-refractivity contribution in [3.8, 4) is 0 Å². The molecule has 1 aliphatic carbocycles. The summed E-state index contributed by atoms with van der Waals surface area (Å²) in [6, 6.07) is -0.937. The van der Waals surface area contributed by atoms with Crippen LogP contribution < -0.4 is 5.32 Å². The molecule has 32 heavy (non-hydrogen) atoms. The van der Waals surface area contributed by atoms with E-state index in [1.54, 1.807) is 13.8 Å². The molecule has 0 saturated carbocycles. The second kappa shape index (κ2) is 11.9. The standard InChI is InChI=1S/C23H41NO8/c1-13(5-10-18(27)23(3,4)30)16-8-6-15(7-9-16)12-31-22-19(24-14(2)26)21(29)20(28)17(11-25)32-22/h6,8,13,15-22,25,27-30H,5,7,9-12H2,1-4H3,(H,24,26)/t13-,15+,16-,17+,18?,19+,20+,21+,22-/m0/s1. The van der Waals surface area contributed by atoms with Gasteiger partial charge in [0.15, 0.2) is 6.29 Å². The molecule has 6 N–H and O–H groups in total. The first kappa shape index (κ1) is 27.2. The van der Waals surface area contributed by atoms with Crippen LogP contribution in [0.4, 0.5) is 0 Å². The monoisotopic (exact) mass is 459 g/mol. The van der Waals surface area contributed by atoms with Crippen LogP contribution in [0.15, 0.2) is 12.2 Å². The SMILES string of the molecule is CC(=O)N[C@H]1[C@@H](OC[C@@H]2C=C[C@H]([C@@H](C)CCC(O)C(C)(C)O)CC2)O[C@H](CO)[C@@H](O)[C@@H]1O. The number of carbonyl (C=O) groups excluding carboxylic acids is 1. The summed E-state index contributed by atoms with van der Waals surface area (Å²) in [7, 11) is 0. The summed E-state index contributed by atoms with van der Waals surface area (Å²) in [5, 5.41) is 52.3. The molecule has 0 bridgehead atoms. The van der Waals surface area contributed by atoms with Crippen molar-refractivity contribution >= 4 is 5.91 Å². The van der Waals surface area contributed by atoms with Crippen molar-refractivity contribution in [1.82, 2.24) is 5.32 Å². The Labute approximate surface area is 190 Å². The normalized spacial score (nSPS) is 35.3. The van der Waals surface area contributed by atoms with Crippen molar-refractivity contribution in [1.29, 1.82) is 0 Å². The molecule has 1 heterocycles. The van der Waals surface area contributed by atoms with Crippen molar-refractivity contribution in [3.05, 3.63) is 12.2 Å². The first-order chi connectivity index (χ1) is 14.9. The van der Waals surface area contributed by atoms with Crippen LogP contribution in [0.5, 0.6) is 0 Å². The molecule has 1 saturated heterocycles. The highest BCUT2D eigenvalue weighted by atomic mass is 16.7. The lowest BCUT2D eigenvalue weighted by Crippen LogP contribution is -2.64. The Morgan fingerprint density at radius 2 is 1.91 bits per heavy atom. The zero-order valence-corrected chi connectivity index (χ0v) is 19.6. The summed E-state index contributed by atoms with van der Waals surface area (Å²) in [6.45, 7) is 6.52. The molecule has 0 radical (unpaired) electrons. The molecule has 1 fully saturated rings. The second-order valence-electron chi connectivity index (χ2n) is 9.88. The summed E-state index contributed by atoms with van der Waals surface area (Å²) in [5.74, 6) is 0.510. The maximum Gasteiger partial charge on any atom is 0.217 e. The van der Waals surface area contributed by atoms with E-state index in [9.17, 15) is 30.3 Å². The first-order valence-corrected chi connectivity index (χ1v) is 11.5. The van der Waals surface area contributed by atoms with Crippen LogP contribution in [-0.4, -0.2) is 87.0 Å². The fraction of sp³-hybridized carbons (Fsp3) is 0.870. The number of aliphatic hydroxyl groups excluding tert-OH is 4. The van der Waals surface area contributed by atoms with E-state index in [-0.39, 0.29) is 11.8 Å². The number of hydrogen-bond acceptors (Lipinski definition) is 8. The Balaban J connectivity index is 1.87. The van der Waals surface area contributed by atoms with Gasteiger partial charge in [0.25, 0.3) is 0 Å². The van der Waals surface area contributed by atoms with Crippen molar-refractivity contribution in [2.45, 2.75) is 95.7 Å². The molecule has 0 spiro atoms. The highest BCUT2D eigenvalue weighted by Gasteiger charge is 2.45. The molecule has 0 aromatic carbocycles. The van der Waals surface area contributed by atoms with Crippen LogP contribution >= 0.6 is 0 Å². The van der Waals surface area contributed by atoms with Crippen molar-refractivity contribution < 1.29 is 39.8 Å². The zero-order chi connectivity index (χ0) is 24.1. The minimum atomic E-state index is -1.33. The third-order valence-corrected chi connectivity index (χ3v) is 6.67. The lowest BCUT2D eigenvalue weighted by molar-refractivity contribution is -0.272. The van der Waals surface area contributed by atoms with Gasteiger partial charge in [-0.3, -0.25) is 4.79 Å². The van der Waals surface area contributed by atoms with Gasteiger partial charge in [0, 0.05) is 12.8 Å². The van der Waals surface area contributed by atoms with Gasteiger partial charge in [0.2, 0.25) is 5.91 Å². The van der Waals surface area contributed by atoms with E-state index in [0.717, 1.165) is 19.3 Å². The van der Waals surface area contributed by atoms with Crippen LogP contribution in [-0.2, 0) is 14.3 Å². The summed E-state index contributed by atoms with van der Waals surface area (Å²) >= 11 is 0. The van der Waals surface area contributed by atoms with Gasteiger partial charge < -0.3 is 40.3 Å². The van der Waals surface area contributed by atoms with E-state index < -0.39 is 49.0 Å². The number of allylic oxidation sites excluding steroid dienone is 1. The number of ether oxygens (including phenoxy) is 2. The van der Waals surface area contributed by atoms with Gasteiger partial charge in [-0.05, 0) is 51.4 Å². The van der Waals surface area contributed by atoms with E-state index in [2.05, 4.69) is 24.4 Å². The van der Waals surface area contributed by atoms with E-state index in [1.165, 1.54) is 6.92 Å². The highest BCUT2D eigenvalue weighted by molar-refractivity contribution is 5.73. The maximum absolute atomic E-state index is 11.5. The molecule has 1 amide bonds. The smallest absolute Gasteiger partial charge is 0.217 e. The van der Waals surface area contributed by atoms with Gasteiger partial charge >= 0.3 is 0 Å². The summed E-state index contributed by atoms with van der Waals surface area (Å²) < 4.78 is 11.5. The largest absolute Gasteiger partial charge is 0.394 e. The fourth-order valence-electron chi connectivity index (χ4n) is 4.33. The average Bonchev–Trinajstić information content (AvgIpc) is 2.74. The summed E-state index contributed by atoms with van der Waals surface area (Å²) in [5.41, 5.74) is -1.10. The minimum Gasteiger partial charge on any atom is -0.394 e. The number of nitrogens with one attached hydrogen (secondary N) is 1. The topological polar surface area (TPSA) is 149 Å². The predicted octanol–water partition coefficient (Wildman–Crippen LogP) is 0.0772. The van der Waals surface area contributed by atoms with Gasteiger partial charge in [-0.25, -0.2) is 0 Å². The zero-order valence-electron chi connectivity index (χ0n) is 19.6. The van der Waals surface area contributed by atoms with E-state index in [1.807, 2.05) is 0 Å². The number of aliphatic hydroxyl groups is 5. The third kappa shape index (κ3) is 7.48. The Bertz CT molecular complexity index is 622. The van der Waals surface area contributed by atoms with Crippen molar-refractivity contribution in [2.24, 2.45) is 17.8 Å². The van der Waals surface area contributed by atoms with Crippen molar-refractivity contribution in [3.63, 3.8) is 0 Å². The molecule has 1 aliphatic heterocycles.